The van der Waals surface area contributed by atoms with Crippen LogP contribution in [0.25, 0.3) is 0 Å². The third kappa shape index (κ3) is 10.7. The Hall–Kier alpha value is -1.26. The van der Waals surface area contributed by atoms with Crippen molar-refractivity contribution in [1.29, 1.82) is 0 Å². The summed E-state index contributed by atoms with van der Waals surface area (Å²) in [7, 11) is 0. The molecule has 5 heteroatoms. The molecule has 0 aromatic carbocycles. The van der Waals surface area contributed by atoms with Crippen molar-refractivity contribution in [1.82, 2.24) is 0 Å². The summed E-state index contributed by atoms with van der Waals surface area (Å²) in [6, 6.07) is -1.88. The molecule has 0 aromatic rings. The van der Waals surface area contributed by atoms with E-state index in [9.17, 15) is 19.1 Å². The Bertz CT molecular complexity index is 203. The lowest BCUT2D eigenvalue weighted by molar-refractivity contribution is -0.152. The molecule has 0 aliphatic carbocycles. The fraction of sp³-hybridized carbons (Fsp3) is 0.625. The highest BCUT2D eigenvalue weighted by molar-refractivity contribution is 6.31. The summed E-state index contributed by atoms with van der Waals surface area (Å²) in [5.74, 6) is -2.05. The molecular weight excluding hydrogens is 179 g/mol. The predicted molar refractivity (Wildman–Crippen MR) is 41.9 cm³/mol. The van der Waals surface area contributed by atoms with E-state index in [1.165, 1.54) is 0 Å². The third-order valence-corrected chi connectivity index (χ3v) is 0.889. The highest BCUT2D eigenvalue weighted by Crippen LogP contribution is 2.11. The lowest BCUT2D eigenvalue weighted by Gasteiger charge is -2.06. The van der Waals surface area contributed by atoms with Crippen molar-refractivity contribution in [3.05, 3.63) is 0 Å². The van der Waals surface area contributed by atoms with Gasteiger partial charge in [0.1, 0.15) is 0 Å². The Morgan fingerprint density at radius 1 is 1.08 bits per heavy atom. The fourth-order valence-electron chi connectivity index (χ4n) is 0. The zero-order valence-electron chi connectivity index (χ0n) is 8.01. The molecule has 0 aromatic heterocycles. The molecule has 0 rings (SSSR count). The Labute approximate surface area is 75.7 Å². The lowest BCUT2D eigenvalue weighted by atomic mass is 9.98. The van der Waals surface area contributed by atoms with Crippen LogP contribution in [0.5, 0.6) is 0 Å². The first-order valence-electron chi connectivity index (χ1n) is 3.51. The molecule has 0 fully saturated rings. The summed E-state index contributed by atoms with van der Waals surface area (Å²) >= 11 is 0. The summed E-state index contributed by atoms with van der Waals surface area (Å²) in [5.41, 5.74) is -0.694. The van der Waals surface area contributed by atoms with Crippen molar-refractivity contribution in [3.8, 4) is 0 Å². The Morgan fingerprint density at radius 2 is 1.23 bits per heavy atom. The Kier molecular flexibility index (Phi) is 5.93. The van der Waals surface area contributed by atoms with Crippen molar-refractivity contribution < 1.29 is 23.9 Å². The highest BCUT2D eigenvalue weighted by atomic mass is 19.1. The normalized spacial score (nSPS) is 9.62. The monoisotopic (exact) mass is 191 g/mol. The van der Waals surface area contributed by atoms with E-state index in [-0.39, 0.29) is 0 Å². The lowest BCUT2D eigenvalue weighted by Crippen LogP contribution is -2.17. The first-order chi connectivity index (χ1) is 5.59. The van der Waals surface area contributed by atoms with E-state index in [2.05, 4.69) is 0 Å². The second-order valence-electron chi connectivity index (χ2n) is 3.37. The van der Waals surface area contributed by atoms with Gasteiger partial charge in [-0.25, -0.2) is 9.90 Å². The topological polar surface area (TPSA) is 71.1 Å². The zero-order valence-corrected chi connectivity index (χ0v) is 8.01. The average Bonchev–Trinajstić information content (AvgIpc) is 1.86. The zero-order chi connectivity index (χ0) is 11.2. The predicted octanol–water partition coefficient (Wildman–Crippen LogP) is 1.06. The van der Waals surface area contributed by atoms with Gasteiger partial charge in [-0.05, 0) is 20.8 Å². The van der Waals surface area contributed by atoms with Gasteiger partial charge in [0.05, 0.1) is 5.41 Å². The van der Waals surface area contributed by atoms with Gasteiger partial charge in [-0.3, -0.25) is 9.59 Å². The van der Waals surface area contributed by atoms with Crippen LogP contribution in [0.4, 0.5) is 4.39 Å². The molecule has 0 amide bonds. The summed E-state index contributed by atoms with van der Waals surface area (Å²) in [5, 5.41) is 9.91. The SMILES string of the molecule is CC(=O)C(=O)F.CC(C)(C)C([O])=O. The molecule has 0 unspecified atom stereocenters. The van der Waals surface area contributed by atoms with Crippen LogP contribution >= 0.6 is 0 Å². The minimum absolute atomic E-state index is 0.694. The van der Waals surface area contributed by atoms with Crippen LogP contribution in [0.2, 0.25) is 0 Å². The van der Waals surface area contributed by atoms with E-state index in [1.807, 2.05) is 0 Å². The molecule has 0 spiro atoms. The smallest absolute Gasteiger partial charge is 0.288 e. The van der Waals surface area contributed by atoms with Crippen molar-refractivity contribution in [2.75, 3.05) is 0 Å². The van der Waals surface area contributed by atoms with Gasteiger partial charge in [-0.1, -0.05) is 0 Å². The Morgan fingerprint density at radius 3 is 1.23 bits per heavy atom. The van der Waals surface area contributed by atoms with Gasteiger partial charge in [-0.2, -0.15) is 4.39 Å². The van der Waals surface area contributed by atoms with E-state index in [1.54, 1.807) is 20.8 Å². The summed E-state index contributed by atoms with van der Waals surface area (Å²) < 4.78 is 10.8. The fourth-order valence-corrected chi connectivity index (χ4v) is 0. The number of hydrogen-bond acceptors (Lipinski definition) is 3. The number of carbonyl (C=O) groups excluding carboxylic acids is 3. The maximum Gasteiger partial charge on any atom is 0.367 e. The van der Waals surface area contributed by atoms with Crippen molar-refractivity contribution >= 4 is 17.8 Å². The van der Waals surface area contributed by atoms with E-state index in [0.717, 1.165) is 6.92 Å². The van der Waals surface area contributed by atoms with Crippen molar-refractivity contribution in [2.24, 2.45) is 5.41 Å². The number of halogens is 1. The maximum absolute atomic E-state index is 10.8. The number of Topliss-reactive ketones (excluding diaryl/α,β-unsaturated/α-hetero) is 1. The second-order valence-corrected chi connectivity index (χ2v) is 3.37. The molecule has 13 heavy (non-hydrogen) atoms. The highest BCUT2D eigenvalue weighted by Gasteiger charge is 2.21. The molecule has 75 valence electrons. The van der Waals surface area contributed by atoms with Crippen LogP contribution in [0.1, 0.15) is 27.7 Å². The molecule has 4 nitrogen and oxygen atoms in total. The van der Waals surface area contributed by atoms with Crippen LogP contribution in [0.3, 0.4) is 0 Å². The van der Waals surface area contributed by atoms with Gasteiger partial charge < -0.3 is 0 Å². The Balaban J connectivity index is 0. The largest absolute Gasteiger partial charge is 0.367 e. The second kappa shape index (κ2) is 5.40. The van der Waals surface area contributed by atoms with Gasteiger partial charge in [0, 0.05) is 6.92 Å². The number of hydrogen-bond donors (Lipinski definition) is 0. The van der Waals surface area contributed by atoms with Crippen LogP contribution in [-0.4, -0.2) is 17.8 Å². The molecule has 0 heterocycles. The van der Waals surface area contributed by atoms with Gasteiger partial charge >= 0.3 is 12.0 Å². The van der Waals surface area contributed by atoms with E-state index in [0.29, 0.717) is 0 Å². The molecule has 0 N–H and O–H groups in total. The molecule has 0 aliphatic heterocycles. The van der Waals surface area contributed by atoms with Gasteiger partial charge in [0.2, 0.25) is 5.78 Å². The van der Waals surface area contributed by atoms with Crippen LogP contribution in [0.15, 0.2) is 0 Å². The van der Waals surface area contributed by atoms with Crippen molar-refractivity contribution in [3.63, 3.8) is 0 Å². The molecule has 0 atom stereocenters. The number of ketones is 1. The first kappa shape index (κ1) is 14.3. The molecular formula is C8H12FO4. The van der Waals surface area contributed by atoms with Gasteiger partial charge in [-0.15, -0.1) is 0 Å². The standard InChI is InChI=1S/C5H9O2.C3H3FO2/c1-5(2,3)4(6)7;1-2(5)3(4)6/h1-3H3;1H3. The van der Waals surface area contributed by atoms with Gasteiger partial charge in [0.25, 0.3) is 0 Å². The van der Waals surface area contributed by atoms with Crippen LogP contribution in [0, 0.1) is 5.41 Å². The average molecular weight is 191 g/mol. The third-order valence-electron chi connectivity index (χ3n) is 0.889. The molecule has 0 aliphatic rings. The minimum Gasteiger partial charge on any atom is -0.288 e. The number of carbonyl (C=O) groups is 3. The van der Waals surface area contributed by atoms with Crippen LogP contribution in [-0.2, 0) is 19.5 Å². The molecule has 0 saturated heterocycles. The van der Waals surface area contributed by atoms with E-state index >= 15 is 0 Å². The maximum atomic E-state index is 10.8. The van der Waals surface area contributed by atoms with E-state index in [4.69, 9.17) is 4.79 Å². The molecule has 0 saturated carbocycles. The molecule has 0 bridgehead atoms. The quantitative estimate of drug-likeness (QED) is 0.459. The molecule has 1 radical (unpaired) electrons. The van der Waals surface area contributed by atoms with Crippen LogP contribution < -0.4 is 0 Å². The summed E-state index contributed by atoms with van der Waals surface area (Å²) in [6.45, 7) is 5.68. The summed E-state index contributed by atoms with van der Waals surface area (Å²) in [4.78, 5) is 28.5. The van der Waals surface area contributed by atoms with Crippen molar-refractivity contribution in [2.45, 2.75) is 27.7 Å². The number of rotatable bonds is 1. The minimum atomic E-state index is -1.88. The van der Waals surface area contributed by atoms with Gasteiger partial charge in [0.15, 0.2) is 0 Å². The first-order valence-corrected chi connectivity index (χ1v) is 3.51. The summed E-state index contributed by atoms with van der Waals surface area (Å²) in [6.07, 6.45) is 0. The van der Waals surface area contributed by atoms with E-state index < -0.39 is 23.2 Å².